The van der Waals surface area contributed by atoms with Gasteiger partial charge in [0.05, 0.1) is 24.2 Å². The van der Waals surface area contributed by atoms with Gasteiger partial charge in [0.1, 0.15) is 10.6 Å². The molecule has 1 aliphatic rings. The second kappa shape index (κ2) is 7.85. The minimum atomic E-state index is -0.301. The summed E-state index contributed by atoms with van der Waals surface area (Å²) in [5.41, 5.74) is 3.39. The molecule has 0 amide bonds. The molecule has 0 unspecified atom stereocenters. The summed E-state index contributed by atoms with van der Waals surface area (Å²) in [5.74, 6) is 0.719. The van der Waals surface area contributed by atoms with Gasteiger partial charge in [-0.1, -0.05) is 24.3 Å². The number of fused-ring (bicyclic) bond motifs is 3. The van der Waals surface area contributed by atoms with E-state index in [4.69, 9.17) is 4.74 Å². The Morgan fingerprint density at radius 2 is 1.81 bits per heavy atom. The van der Waals surface area contributed by atoms with E-state index in [1.54, 1.807) is 40.2 Å². The van der Waals surface area contributed by atoms with Crippen LogP contribution in [-0.2, 0) is 19.4 Å². The van der Waals surface area contributed by atoms with Crippen LogP contribution in [0.3, 0.4) is 0 Å². The Balaban J connectivity index is 1.77. The summed E-state index contributed by atoms with van der Waals surface area (Å²) < 4.78 is 8.62. The Hall–Kier alpha value is -3.12. The largest absolute Gasteiger partial charge is 0.494 e. The topological polar surface area (TPSA) is 53.2 Å². The number of hydrogen-bond donors (Lipinski definition) is 0. The first-order valence-electron chi connectivity index (χ1n) is 10.7. The van der Waals surface area contributed by atoms with E-state index in [9.17, 15) is 9.59 Å². The smallest absolute Gasteiger partial charge is 0.337 e. The van der Waals surface area contributed by atoms with Gasteiger partial charge in [-0.15, -0.1) is 11.3 Å². The van der Waals surface area contributed by atoms with Crippen molar-refractivity contribution in [2.75, 3.05) is 6.61 Å². The highest BCUT2D eigenvalue weighted by atomic mass is 32.1. The Labute approximate surface area is 184 Å². The lowest BCUT2D eigenvalue weighted by Gasteiger charge is -2.14. The molecule has 0 fully saturated rings. The molecule has 0 atom stereocenters. The summed E-state index contributed by atoms with van der Waals surface area (Å²) in [6, 6.07) is 15.3. The van der Waals surface area contributed by atoms with Crippen LogP contribution in [0.5, 0.6) is 5.75 Å². The molecular weight excluding hydrogens is 408 g/mol. The van der Waals surface area contributed by atoms with Crippen LogP contribution in [0.2, 0.25) is 0 Å². The normalized spacial score (nSPS) is 13.0. The molecule has 158 valence electrons. The molecule has 0 saturated heterocycles. The molecule has 31 heavy (non-hydrogen) atoms. The van der Waals surface area contributed by atoms with E-state index in [1.165, 1.54) is 9.44 Å². The van der Waals surface area contributed by atoms with Gasteiger partial charge in [0, 0.05) is 4.88 Å². The first kappa shape index (κ1) is 19.8. The van der Waals surface area contributed by atoms with Crippen LogP contribution in [0.4, 0.5) is 0 Å². The zero-order valence-electron chi connectivity index (χ0n) is 17.7. The lowest BCUT2D eigenvalue weighted by Crippen LogP contribution is -2.39. The maximum absolute atomic E-state index is 13.7. The van der Waals surface area contributed by atoms with Gasteiger partial charge in [-0.3, -0.25) is 9.36 Å². The lowest BCUT2D eigenvalue weighted by atomic mass is 10.1. The number of rotatable bonds is 5. The molecule has 6 heteroatoms. The van der Waals surface area contributed by atoms with Gasteiger partial charge in [0.15, 0.2) is 0 Å². The zero-order chi connectivity index (χ0) is 21.5. The van der Waals surface area contributed by atoms with E-state index in [1.807, 2.05) is 25.1 Å². The predicted molar refractivity (Wildman–Crippen MR) is 125 cm³/mol. The SMILES string of the molecule is CCOc1ccc(-n2c(=O)c3c4c(sc3n(Cc3ccccc3C)c2=O)CCC4)cc1. The highest BCUT2D eigenvalue weighted by Crippen LogP contribution is 2.35. The van der Waals surface area contributed by atoms with Crippen molar-refractivity contribution in [2.24, 2.45) is 0 Å². The highest BCUT2D eigenvalue weighted by Gasteiger charge is 2.25. The number of ether oxygens (including phenoxy) is 1. The summed E-state index contributed by atoms with van der Waals surface area (Å²) in [7, 11) is 0. The number of benzene rings is 2. The van der Waals surface area contributed by atoms with Crippen molar-refractivity contribution in [3.8, 4) is 11.4 Å². The second-order valence-corrected chi connectivity index (χ2v) is 8.98. The molecule has 5 nitrogen and oxygen atoms in total. The van der Waals surface area contributed by atoms with E-state index < -0.39 is 0 Å². The molecule has 0 spiro atoms. The average Bonchev–Trinajstić information content (AvgIpc) is 3.35. The number of thiophene rings is 1. The molecular formula is C25H24N2O3S. The standard InChI is InChI=1S/C25H24N2O3S/c1-3-30-19-13-11-18(12-14-19)27-23(28)22-20-9-6-10-21(20)31-24(22)26(25(27)29)15-17-8-5-4-7-16(17)2/h4-5,7-8,11-14H,3,6,9-10,15H2,1-2H3. The third-order valence-corrected chi connectivity index (χ3v) is 7.30. The molecule has 5 rings (SSSR count). The van der Waals surface area contributed by atoms with Gasteiger partial charge >= 0.3 is 5.69 Å². The van der Waals surface area contributed by atoms with Gasteiger partial charge in [0.2, 0.25) is 0 Å². The highest BCUT2D eigenvalue weighted by molar-refractivity contribution is 7.18. The molecule has 1 aliphatic carbocycles. The fourth-order valence-corrected chi connectivity index (χ4v) is 5.76. The molecule has 0 radical (unpaired) electrons. The summed E-state index contributed by atoms with van der Waals surface area (Å²) >= 11 is 1.61. The van der Waals surface area contributed by atoms with E-state index in [0.29, 0.717) is 24.2 Å². The van der Waals surface area contributed by atoms with Crippen molar-refractivity contribution in [3.63, 3.8) is 0 Å². The van der Waals surface area contributed by atoms with Gasteiger partial charge in [-0.2, -0.15) is 0 Å². The van der Waals surface area contributed by atoms with Crippen LogP contribution in [0.15, 0.2) is 58.1 Å². The summed E-state index contributed by atoms with van der Waals surface area (Å²) in [6.45, 7) is 4.98. The maximum Gasteiger partial charge on any atom is 0.337 e. The van der Waals surface area contributed by atoms with E-state index in [2.05, 4.69) is 13.0 Å². The molecule has 4 aromatic rings. The minimum absolute atomic E-state index is 0.218. The van der Waals surface area contributed by atoms with Gasteiger partial charge < -0.3 is 4.74 Å². The molecule has 2 aromatic carbocycles. The molecule has 0 saturated carbocycles. The van der Waals surface area contributed by atoms with Crippen molar-refractivity contribution < 1.29 is 4.74 Å². The van der Waals surface area contributed by atoms with Gasteiger partial charge in [-0.05, 0) is 74.1 Å². The summed E-state index contributed by atoms with van der Waals surface area (Å²) in [6.07, 6.45) is 2.95. The lowest BCUT2D eigenvalue weighted by molar-refractivity contribution is 0.340. The molecule has 2 aromatic heterocycles. The van der Waals surface area contributed by atoms with E-state index in [-0.39, 0.29) is 11.2 Å². The van der Waals surface area contributed by atoms with Crippen LogP contribution in [-0.4, -0.2) is 15.7 Å². The Morgan fingerprint density at radius 3 is 2.55 bits per heavy atom. The third kappa shape index (κ3) is 3.31. The van der Waals surface area contributed by atoms with Crippen molar-refractivity contribution in [1.29, 1.82) is 0 Å². The summed E-state index contributed by atoms with van der Waals surface area (Å²) in [5, 5.41) is 0.708. The average molecular weight is 433 g/mol. The number of nitrogens with zero attached hydrogens (tertiary/aromatic N) is 2. The Bertz CT molecular complexity index is 1390. The molecule has 0 N–H and O–H groups in total. The van der Waals surface area contributed by atoms with Crippen molar-refractivity contribution in [2.45, 2.75) is 39.7 Å². The predicted octanol–water partition coefficient (Wildman–Crippen LogP) is 4.46. The first-order chi connectivity index (χ1) is 15.1. The molecule has 0 aliphatic heterocycles. The summed E-state index contributed by atoms with van der Waals surface area (Å²) in [4.78, 5) is 29.3. The number of aromatic nitrogens is 2. The van der Waals surface area contributed by atoms with Crippen molar-refractivity contribution >= 4 is 21.6 Å². The van der Waals surface area contributed by atoms with Gasteiger partial charge in [-0.25, -0.2) is 9.36 Å². The van der Waals surface area contributed by atoms with Gasteiger partial charge in [0.25, 0.3) is 5.56 Å². The molecule has 0 bridgehead atoms. The fourth-order valence-electron chi connectivity index (χ4n) is 4.39. The Morgan fingerprint density at radius 1 is 1.03 bits per heavy atom. The van der Waals surface area contributed by atoms with Crippen LogP contribution < -0.4 is 16.0 Å². The third-order valence-electron chi connectivity index (χ3n) is 5.98. The Kier molecular flexibility index (Phi) is 5.02. The molecule has 2 heterocycles. The van der Waals surface area contributed by atoms with Crippen LogP contribution in [0.1, 0.15) is 34.9 Å². The van der Waals surface area contributed by atoms with Crippen LogP contribution in [0, 0.1) is 6.92 Å². The van der Waals surface area contributed by atoms with E-state index in [0.717, 1.165) is 46.5 Å². The number of aryl methyl sites for hydroxylation is 3. The zero-order valence-corrected chi connectivity index (χ0v) is 18.5. The minimum Gasteiger partial charge on any atom is -0.494 e. The second-order valence-electron chi connectivity index (χ2n) is 7.90. The van der Waals surface area contributed by atoms with Crippen molar-refractivity contribution in [1.82, 2.24) is 9.13 Å². The first-order valence-corrected chi connectivity index (χ1v) is 11.5. The van der Waals surface area contributed by atoms with Crippen molar-refractivity contribution in [3.05, 3.63) is 90.9 Å². The maximum atomic E-state index is 13.7. The fraction of sp³-hybridized carbons (Fsp3) is 0.280. The van der Waals surface area contributed by atoms with E-state index >= 15 is 0 Å². The van der Waals surface area contributed by atoms with Crippen LogP contribution >= 0.6 is 11.3 Å². The monoisotopic (exact) mass is 432 g/mol. The quantitative estimate of drug-likeness (QED) is 0.468. The number of hydrogen-bond acceptors (Lipinski definition) is 4. The van der Waals surface area contributed by atoms with Crippen LogP contribution in [0.25, 0.3) is 15.9 Å².